The first-order chi connectivity index (χ1) is 12.8. The summed E-state index contributed by atoms with van der Waals surface area (Å²) in [7, 11) is 0. The highest BCUT2D eigenvalue weighted by atomic mass is 16.2. The number of carbonyl (C=O) groups excluding carboxylic acids is 1. The molecular weight excluding hydrogens is 322 g/mol. The summed E-state index contributed by atoms with van der Waals surface area (Å²) in [4.78, 5) is 21.8. The Hall–Kier alpha value is -2.88. The largest absolute Gasteiger partial charge is 0.353 e. The lowest BCUT2D eigenvalue weighted by Crippen LogP contribution is -2.49. The summed E-state index contributed by atoms with van der Waals surface area (Å²) in [5, 5.41) is 2.43. The van der Waals surface area contributed by atoms with Gasteiger partial charge in [-0.25, -0.2) is 4.98 Å². The molecule has 2 aromatic carbocycles. The van der Waals surface area contributed by atoms with Crippen molar-refractivity contribution in [3.05, 3.63) is 71.4 Å². The van der Waals surface area contributed by atoms with Crippen molar-refractivity contribution in [3.63, 3.8) is 0 Å². The zero-order valence-corrected chi connectivity index (χ0v) is 14.7. The number of aryl methyl sites for hydroxylation is 2. The highest BCUT2D eigenvalue weighted by Gasteiger charge is 2.25. The minimum absolute atomic E-state index is 0.154. The van der Waals surface area contributed by atoms with Crippen LogP contribution in [0.2, 0.25) is 0 Å². The van der Waals surface area contributed by atoms with E-state index in [0.29, 0.717) is 0 Å². The van der Waals surface area contributed by atoms with Gasteiger partial charge in [-0.05, 0) is 52.9 Å². The lowest BCUT2D eigenvalue weighted by molar-refractivity contribution is 0.0748. The fourth-order valence-corrected chi connectivity index (χ4v) is 4.28. The van der Waals surface area contributed by atoms with Crippen molar-refractivity contribution in [1.29, 1.82) is 0 Å². The van der Waals surface area contributed by atoms with E-state index in [1.807, 2.05) is 35.4 Å². The minimum Gasteiger partial charge on any atom is -0.353 e. The van der Waals surface area contributed by atoms with Gasteiger partial charge in [0.1, 0.15) is 5.82 Å². The number of aromatic nitrogens is 1. The Balaban J connectivity index is 1.40. The molecule has 5 rings (SSSR count). The Kier molecular flexibility index (Phi) is 3.63. The average molecular weight is 343 g/mol. The molecule has 0 N–H and O–H groups in total. The standard InChI is InChI=1S/C22H21N3O/c26-22(25-14-12-24(13-15-25)20-6-1-2-11-23-20)19-10-9-17-8-7-16-4-3-5-18(19)21(16)17/h1-6,9-11H,7-8,12-15H2. The second-order valence-corrected chi connectivity index (χ2v) is 7.08. The van der Waals surface area contributed by atoms with E-state index < -0.39 is 0 Å². The van der Waals surface area contributed by atoms with Gasteiger partial charge >= 0.3 is 0 Å². The molecule has 0 saturated carbocycles. The van der Waals surface area contributed by atoms with Crippen LogP contribution in [0.1, 0.15) is 21.5 Å². The second-order valence-electron chi connectivity index (χ2n) is 7.08. The van der Waals surface area contributed by atoms with Crippen molar-refractivity contribution < 1.29 is 4.79 Å². The van der Waals surface area contributed by atoms with Crippen LogP contribution in [-0.4, -0.2) is 42.0 Å². The monoisotopic (exact) mass is 343 g/mol. The van der Waals surface area contributed by atoms with E-state index in [4.69, 9.17) is 0 Å². The van der Waals surface area contributed by atoms with Gasteiger partial charge in [0, 0.05) is 37.9 Å². The number of carbonyl (C=O) groups is 1. The summed E-state index contributed by atoms with van der Waals surface area (Å²) in [6.07, 6.45) is 4.00. The van der Waals surface area contributed by atoms with Gasteiger partial charge in [-0.3, -0.25) is 4.79 Å². The van der Waals surface area contributed by atoms with Gasteiger partial charge in [-0.1, -0.05) is 30.3 Å². The molecule has 1 aromatic heterocycles. The number of hydrogen-bond donors (Lipinski definition) is 0. The Labute approximate surface area is 153 Å². The van der Waals surface area contributed by atoms with E-state index in [1.54, 1.807) is 0 Å². The van der Waals surface area contributed by atoms with Gasteiger partial charge in [-0.15, -0.1) is 0 Å². The fraction of sp³-hybridized carbons (Fsp3) is 0.273. The zero-order valence-electron chi connectivity index (χ0n) is 14.7. The van der Waals surface area contributed by atoms with Gasteiger partial charge < -0.3 is 9.80 Å². The van der Waals surface area contributed by atoms with Crippen LogP contribution in [0.3, 0.4) is 0 Å². The Morgan fingerprint density at radius 3 is 2.42 bits per heavy atom. The number of amides is 1. The molecule has 4 heteroatoms. The first kappa shape index (κ1) is 15.4. The van der Waals surface area contributed by atoms with Crippen LogP contribution in [0, 0.1) is 0 Å². The summed E-state index contributed by atoms with van der Waals surface area (Å²) in [5.74, 6) is 1.14. The Morgan fingerprint density at radius 1 is 0.846 bits per heavy atom. The first-order valence-electron chi connectivity index (χ1n) is 9.30. The van der Waals surface area contributed by atoms with E-state index in [-0.39, 0.29) is 5.91 Å². The number of piperazine rings is 1. The maximum Gasteiger partial charge on any atom is 0.254 e. The number of nitrogens with zero attached hydrogens (tertiary/aromatic N) is 3. The number of pyridine rings is 1. The third-order valence-electron chi connectivity index (χ3n) is 5.65. The van der Waals surface area contributed by atoms with Crippen molar-refractivity contribution in [1.82, 2.24) is 9.88 Å². The van der Waals surface area contributed by atoms with Crippen molar-refractivity contribution in [2.24, 2.45) is 0 Å². The molecule has 0 spiro atoms. The molecule has 2 heterocycles. The topological polar surface area (TPSA) is 36.4 Å². The van der Waals surface area contributed by atoms with E-state index in [0.717, 1.165) is 55.8 Å². The molecule has 0 radical (unpaired) electrons. The summed E-state index contributed by atoms with van der Waals surface area (Å²) >= 11 is 0. The van der Waals surface area contributed by atoms with Gasteiger partial charge in [0.15, 0.2) is 0 Å². The van der Waals surface area contributed by atoms with E-state index in [1.165, 1.54) is 16.5 Å². The smallest absolute Gasteiger partial charge is 0.254 e. The molecular formula is C22H21N3O. The molecule has 2 aliphatic rings. The molecule has 0 unspecified atom stereocenters. The molecule has 3 aromatic rings. The predicted molar refractivity (Wildman–Crippen MR) is 104 cm³/mol. The normalized spacial score (nSPS) is 16.3. The van der Waals surface area contributed by atoms with Crippen LogP contribution < -0.4 is 4.90 Å². The van der Waals surface area contributed by atoms with Gasteiger partial charge in [0.25, 0.3) is 5.91 Å². The summed E-state index contributed by atoms with van der Waals surface area (Å²) < 4.78 is 0. The third-order valence-corrected chi connectivity index (χ3v) is 5.65. The molecule has 130 valence electrons. The lowest BCUT2D eigenvalue weighted by Gasteiger charge is -2.35. The first-order valence-corrected chi connectivity index (χ1v) is 9.30. The van der Waals surface area contributed by atoms with Crippen LogP contribution in [0.25, 0.3) is 10.8 Å². The molecule has 4 nitrogen and oxygen atoms in total. The molecule has 1 aliphatic heterocycles. The van der Waals surface area contributed by atoms with Gasteiger partial charge in [0.05, 0.1) is 0 Å². The molecule has 1 saturated heterocycles. The number of rotatable bonds is 2. The predicted octanol–water partition coefficient (Wildman–Crippen LogP) is 3.30. The summed E-state index contributed by atoms with van der Waals surface area (Å²) in [6, 6.07) is 16.5. The maximum atomic E-state index is 13.2. The summed E-state index contributed by atoms with van der Waals surface area (Å²) in [6.45, 7) is 3.12. The molecule has 1 fully saturated rings. The number of anilines is 1. The third kappa shape index (κ3) is 2.45. The van der Waals surface area contributed by atoms with E-state index in [2.05, 4.69) is 34.1 Å². The van der Waals surface area contributed by atoms with Crippen LogP contribution in [0.5, 0.6) is 0 Å². The SMILES string of the molecule is O=C(c1ccc2c3c(cccc13)CC2)N1CCN(c2ccccn2)CC1. The molecule has 1 amide bonds. The van der Waals surface area contributed by atoms with Gasteiger partial charge in [0.2, 0.25) is 0 Å². The molecule has 26 heavy (non-hydrogen) atoms. The second kappa shape index (κ2) is 6.13. The van der Waals surface area contributed by atoms with Crippen LogP contribution in [0.4, 0.5) is 5.82 Å². The lowest BCUT2D eigenvalue weighted by atomic mass is 9.99. The van der Waals surface area contributed by atoms with Crippen LogP contribution in [0.15, 0.2) is 54.7 Å². The van der Waals surface area contributed by atoms with Crippen molar-refractivity contribution >= 4 is 22.5 Å². The quantitative estimate of drug-likeness (QED) is 0.716. The molecule has 1 aliphatic carbocycles. The van der Waals surface area contributed by atoms with Gasteiger partial charge in [-0.2, -0.15) is 0 Å². The van der Waals surface area contributed by atoms with Crippen LogP contribution in [-0.2, 0) is 12.8 Å². The Morgan fingerprint density at radius 2 is 1.65 bits per heavy atom. The van der Waals surface area contributed by atoms with Crippen molar-refractivity contribution in [2.75, 3.05) is 31.1 Å². The Bertz CT molecular complexity index is 965. The molecule has 0 bridgehead atoms. The number of hydrogen-bond acceptors (Lipinski definition) is 3. The van der Waals surface area contributed by atoms with E-state index >= 15 is 0 Å². The number of benzene rings is 2. The van der Waals surface area contributed by atoms with Crippen molar-refractivity contribution in [3.8, 4) is 0 Å². The highest BCUT2D eigenvalue weighted by Crippen LogP contribution is 2.33. The highest BCUT2D eigenvalue weighted by molar-refractivity contribution is 6.09. The maximum absolute atomic E-state index is 13.2. The minimum atomic E-state index is 0.154. The summed E-state index contributed by atoms with van der Waals surface area (Å²) in [5.41, 5.74) is 3.61. The average Bonchev–Trinajstić information content (AvgIpc) is 3.14. The fourth-order valence-electron chi connectivity index (χ4n) is 4.28. The van der Waals surface area contributed by atoms with E-state index in [9.17, 15) is 4.79 Å². The van der Waals surface area contributed by atoms with Crippen LogP contribution >= 0.6 is 0 Å². The van der Waals surface area contributed by atoms with Crippen molar-refractivity contribution in [2.45, 2.75) is 12.8 Å². The molecule has 0 atom stereocenters. The zero-order chi connectivity index (χ0) is 17.5.